The summed E-state index contributed by atoms with van der Waals surface area (Å²) in [5.41, 5.74) is -0.0897. The van der Waals surface area contributed by atoms with Crippen molar-refractivity contribution < 1.29 is 9.47 Å². The van der Waals surface area contributed by atoms with Crippen LogP contribution >= 0.6 is 23.6 Å². The number of thiophene rings is 1. The van der Waals surface area contributed by atoms with Crippen molar-refractivity contribution in [2.45, 2.75) is 12.6 Å². The molecule has 0 radical (unpaired) electrons. The van der Waals surface area contributed by atoms with Crippen LogP contribution in [0, 0.1) is 4.77 Å². The van der Waals surface area contributed by atoms with E-state index in [2.05, 4.69) is 4.98 Å². The molecule has 2 aromatic rings. The molecule has 0 aromatic carbocycles. The minimum Gasteiger partial charge on any atom is -0.382 e. The van der Waals surface area contributed by atoms with Crippen molar-refractivity contribution in [3.63, 3.8) is 0 Å². The maximum Gasteiger partial charge on any atom is 0.263 e. The highest BCUT2D eigenvalue weighted by Gasteiger charge is 2.12. The van der Waals surface area contributed by atoms with Crippen LogP contribution in [0.2, 0.25) is 0 Å². The van der Waals surface area contributed by atoms with Gasteiger partial charge in [0.25, 0.3) is 5.56 Å². The molecule has 7 heteroatoms. The Morgan fingerprint density at radius 2 is 2.33 bits per heavy atom. The monoisotopic (exact) mass is 286 g/mol. The van der Waals surface area contributed by atoms with Crippen molar-refractivity contribution in [1.29, 1.82) is 0 Å². The second kappa shape index (κ2) is 5.75. The number of fused-ring (bicyclic) bond motifs is 1. The van der Waals surface area contributed by atoms with E-state index in [0.717, 1.165) is 4.83 Å². The van der Waals surface area contributed by atoms with Crippen molar-refractivity contribution in [1.82, 2.24) is 9.55 Å². The van der Waals surface area contributed by atoms with Gasteiger partial charge in [-0.05, 0) is 23.7 Å². The number of methoxy groups -OCH3 is 2. The predicted molar refractivity (Wildman–Crippen MR) is 73.9 cm³/mol. The number of rotatable bonds is 5. The Morgan fingerprint density at radius 3 is 3.00 bits per heavy atom. The van der Waals surface area contributed by atoms with Crippen LogP contribution in [0.4, 0.5) is 0 Å². The molecule has 0 spiro atoms. The number of aromatic amines is 1. The third-order valence-electron chi connectivity index (χ3n) is 2.68. The third kappa shape index (κ3) is 2.54. The molecule has 2 aromatic heterocycles. The zero-order valence-electron chi connectivity index (χ0n) is 10.1. The second-order valence-corrected chi connectivity index (χ2v) is 5.13. The van der Waals surface area contributed by atoms with Crippen LogP contribution in [0.1, 0.15) is 0 Å². The lowest BCUT2D eigenvalue weighted by Gasteiger charge is -2.15. The molecule has 0 fully saturated rings. The van der Waals surface area contributed by atoms with Gasteiger partial charge in [-0.25, -0.2) is 0 Å². The molecule has 0 aliphatic rings. The van der Waals surface area contributed by atoms with E-state index >= 15 is 0 Å². The van der Waals surface area contributed by atoms with Gasteiger partial charge >= 0.3 is 0 Å². The molecule has 5 nitrogen and oxygen atoms in total. The molecule has 1 unspecified atom stereocenters. The van der Waals surface area contributed by atoms with Gasteiger partial charge in [0, 0.05) is 14.2 Å². The summed E-state index contributed by atoms with van der Waals surface area (Å²) in [6.07, 6.45) is -0.195. The molecule has 0 saturated heterocycles. The van der Waals surface area contributed by atoms with E-state index in [9.17, 15) is 4.79 Å². The van der Waals surface area contributed by atoms with Gasteiger partial charge in [-0.1, -0.05) is 0 Å². The number of H-pyrrole nitrogens is 1. The molecule has 1 atom stereocenters. The van der Waals surface area contributed by atoms with Crippen molar-refractivity contribution in [3.8, 4) is 0 Å². The Labute approximate surface area is 113 Å². The van der Waals surface area contributed by atoms with E-state index in [1.54, 1.807) is 20.3 Å². The molecule has 2 heterocycles. The van der Waals surface area contributed by atoms with Gasteiger partial charge in [-0.2, -0.15) is 0 Å². The zero-order valence-corrected chi connectivity index (χ0v) is 11.8. The molecule has 98 valence electrons. The smallest absolute Gasteiger partial charge is 0.263 e. The fourth-order valence-corrected chi connectivity index (χ4v) is 2.83. The van der Waals surface area contributed by atoms with Crippen LogP contribution in [0.25, 0.3) is 10.2 Å². The first kappa shape index (κ1) is 13.4. The summed E-state index contributed by atoms with van der Waals surface area (Å²) in [6.45, 7) is 0.795. The van der Waals surface area contributed by atoms with Crippen molar-refractivity contribution >= 4 is 33.8 Å². The maximum absolute atomic E-state index is 12.3. The lowest BCUT2D eigenvalue weighted by molar-refractivity contribution is 0.0175. The van der Waals surface area contributed by atoms with Crippen molar-refractivity contribution in [3.05, 3.63) is 26.6 Å². The highest BCUT2D eigenvalue weighted by molar-refractivity contribution is 7.71. The van der Waals surface area contributed by atoms with Gasteiger partial charge in [0.2, 0.25) is 0 Å². The van der Waals surface area contributed by atoms with Crippen LogP contribution in [-0.2, 0) is 16.0 Å². The highest BCUT2D eigenvalue weighted by Crippen LogP contribution is 2.14. The van der Waals surface area contributed by atoms with E-state index in [0.29, 0.717) is 23.3 Å². The number of nitrogens with zero attached hydrogens (tertiary/aromatic N) is 1. The quantitative estimate of drug-likeness (QED) is 0.851. The topological polar surface area (TPSA) is 56.2 Å². The molecular formula is C11H14N2O3S2. The SMILES string of the molecule is COCC(Cn1c(=S)[nH]c2sccc2c1=O)OC. The fraction of sp³-hybridized carbons (Fsp3) is 0.455. The van der Waals surface area contributed by atoms with Gasteiger partial charge in [0.15, 0.2) is 4.77 Å². The first-order chi connectivity index (χ1) is 8.67. The van der Waals surface area contributed by atoms with Gasteiger partial charge in [-0.15, -0.1) is 11.3 Å². The minimum absolute atomic E-state index is 0.0897. The number of hydrogen-bond donors (Lipinski definition) is 1. The van der Waals surface area contributed by atoms with E-state index in [4.69, 9.17) is 21.7 Å². The molecular weight excluding hydrogens is 272 g/mol. The first-order valence-corrected chi connectivity index (χ1v) is 6.68. The molecule has 2 rings (SSSR count). The number of hydrogen-bond acceptors (Lipinski definition) is 5. The normalized spacial score (nSPS) is 13.0. The standard InChI is InChI=1S/C11H14N2O3S2/c1-15-6-7(16-2)5-13-10(14)8-3-4-18-9(8)12-11(13)17/h3-4,7H,5-6H2,1-2H3,(H,12,17). The Kier molecular flexibility index (Phi) is 4.28. The third-order valence-corrected chi connectivity index (χ3v) is 3.83. The Morgan fingerprint density at radius 1 is 1.56 bits per heavy atom. The molecule has 18 heavy (non-hydrogen) atoms. The van der Waals surface area contributed by atoms with E-state index in [1.807, 2.05) is 5.38 Å². The number of aromatic nitrogens is 2. The maximum atomic E-state index is 12.3. The highest BCUT2D eigenvalue weighted by atomic mass is 32.1. The van der Waals surface area contributed by atoms with Gasteiger partial charge in [0.05, 0.1) is 24.6 Å². The van der Waals surface area contributed by atoms with Crippen molar-refractivity contribution in [2.24, 2.45) is 0 Å². The van der Waals surface area contributed by atoms with Crippen molar-refractivity contribution in [2.75, 3.05) is 20.8 Å². The van der Waals surface area contributed by atoms with E-state index < -0.39 is 0 Å². The van der Waals surface area contributed by atoms with Crippen LogP contribution in [0.5, 0.6) is 0 Å². The predicted octanol–water partition coefficient (Wildman–Crippen LogP) is 1.78. The van der Waals surface area contributed by atoms with Crippen LogP contribution < -0.4 is 5.56 Å². The average Bonchev–Trinajstić information content (AvgIpc) is 2.81. The number of nitrogens with one attached hydrogen (secondary N) is 1. The average molecular weight is 286 g/mol. The second-order valence-electron chi connectivity index (χ2n) is 3.82. The summed E-state index contributed by atoms with van der Waals surface area (Å²) in [7, 11) is 3.18. The summed E-state index contributed by atoms with van der Waals surface area (Å²) in [6, 6.07) is 1.79. The lowest BCUT2D eigenvalue weighted by atomic mass is 10.3. The Hall–Kier alpha value is -1.02. The van der Waals surface area contributed by atoms with Gasteiger partial charge < -0.3 is 14.5 Å². The van der Waals surface area contributed by atoms with Gasteiger partial charge in [0.1, 0.15) is 4.83 Å². The van der Waals surface area contributed by atoms with Crippen LogP contribution in [-0.4, -0.2) is 36.5 Å². The van der Waals surface area contributed by atoms with Crippen LogP contribution in [0.3, 0.4) is 0 Å². The fourth-order valence-electron chi connectivity index (χ4n) is 1.73. The summed E-state index contributed by atoms with van der Waals surface area (Å²) in [4.78, 5) is 16.1. The van der Waals surface area contributed by atoms with E-state index in [-0.39, 0.29) is 11.7 Å². The van der Waals surface area contributed by atoms with Crippen LogP contribution in [0.15, 0.2) is 16.2 Å². The lowest BCUT2D eigenvalue weighted by Crippen LogP contribution is -2.31. The Balaban J connectivity index is 2.44. The Bertz CT molecular complexity index is 644. The molecule has 0 aliphatic heterocycles. The summed E-state index contributed by atoms with van der Waals surface area (Å²) >= 11 is 6.67. The molecule has 0 saturated carbocycles. The molecule has 0 aliphatic carbocycles. The summed E-state index contributed by atoms with van der Waals surface area (Å²) in [5.74, 6) is 0. The molecule has 0 amide bonds. The first-order valence-electron chi connectivity index (χ1n) is 5.39. The summed E-state index contributed by atoms with van der Waals surface area (Å²) in [5, 5.41) is 2.52. The van der Waals surface area contributed by atoms with E-state index in [1.165, 1.54) is 15.9 Å². The summed E-state index contributed by atoms with van der Waals surface area (Å²) < 4.78 is 12.2. The van der Waals surface area contributed by atoms with Gasteiger partial charge in [-0.3, -0.25) is 9.36 Å². The largest absolute Gasteiger partial charge is 0.382 e. The molecule has 1 N–H and O–H groups in total. The molecule has 0 bridgehead atoms. The zero-order chi connectivity index (χ0) is 13.1. The number of ether oxygens (including phenoxy) is 2. The minimum atomic E-state index is -0.195.